The second-order valence-corrected chi connectivity index (χ2v) is 12.5. The zero-order chi connectivity index (χ0) is 25.4. The van der Waals surface area contributed by atoms with Crippen LogP contribution in [0.2, 0.25) is 0 Å². The summed E-state index contributed by atoms with van der Waals surface area (Å²) >= 11 is 1.62. The number of carbonyl (C=O) groups excluding carboxylic acids is 1. The molecule has 2 fully saturated rings. The van der Waals surface area contributed by atoms with Crippen molar-refractivity contribution in [2.45, 2.75) is 51.5 Å². The van der Waals surface area contributed by atoms with Crippen molar-refractivity contribution in [3.05, 3.63) is 65.2 Å². The minimum Gasteiger partial charge on any atom is -0.371 e. The highest BCUT2D eigenvalue weighted by atomic mass is 32.1. The van der Waals surface area contributed by atoms with Crippen LogP contribution in [0.15, 0.2) is 54.7 Å². The van der Waals surface area contributed by atoms with Crippen molar-refractivity contribution in [1.29, 1.82) is 0 Å². The van der Waals surface area contributed by atoms with E-state index in [1.165, 1.54) is 47.3 Å². The molecule has 2 aromatic heterocycles. The van der Waals surface area contributed by atoms with Gasteiger partial charge in [-0.05, 0) is 73.4 Å². The van der Waals surface area contributed by atoms with Crippen LogP contribution in [-0.4, -0.2) is 55.1 Å². The monoisotopic (exact) mass is 514 g/mol. The van der Waals surface area contributed by atoms with Crippen LogP contribution < -0.4 is 10.2 Å². The third-order valence-electron chi connectivity index (χ3n) is 8.51. The Kier molecular flexibility index (Phi) is 6.72. The lowest BCUT2D eigenvalue weighted by molar-refractivity contribution is 0.00132. The van der Waals surface area contributed by atoms with E-state index in [9.17, 15) is 4.79 Å². The van der Waals surface area contributed by atoms with Crippen LogP contribution in [0.3, 0.4) is 0 Å². The van der Waals surface area contributed by atoms with Crippen molar-refractivity contribution >= 4 is 43.9 Å². The number of anilines is 1. The number of para-hydroxylation sites is 1. The minimum absolute atomic E-state index is 0.0534. The summed E-state index contributed by atoms with van der Waals surface area (Å²) in [5, 5.41) is 5.79. The zero-order valence-electron chi connectivity index (χ0n) is 22.1. The van der Waals surface area contributed by atoms with Crippen LogP contribution in [0.5, 0.6) is 0 Å². The molecule has 2 aliphatic rings. The molecule has 1 amide bonds. The number of carbonyl (C=O) groups is 1. The highest BCUT2D eigenvalue weighted by Gasteiger charge is 2.43. The van der Waals surface area contributed by atoms with Crippen molar-refractivity contribution in [2.24, 2.45) is 5.41 Å². The fraction of sp³-hybridized carbons (Fsp3) is 0.452. The molecule has 37 heavy (non-hydrogen) atoms. The maximum Gasteiger partial charge on any atom is 0.261 e. The third kappa shape index (κ3) is 5.01. The average Bonchev–Trinajstić information content (AvgIpc) is 3.51. The first-order valence-corrected chi connectivity index (χ1v) is 14.7. The van der Waals surface area contributed by atoms with Crippen molar-refractivity contribution in [2.75, 3.05) is 38.1 Å². The SMILES string of the molecule is CCCCC(Cc1c[nH]c2ccccc12)NC(=O)c1cc2ccc(N3CCC4(CC3)CN(C)C4)cc2s1. The van der Waals surface area contributed by atoms with Gasteiger partial charge in [-0.2, -0.15) is 0 Å². The molecule has 6 heteroatoms. The number of rotatable bonds is 8. The van der Waals surface area contributed by atoms with E-state index in [4.69, 9.17) is 0 Å². The molecule has 1 spiro atoms. The van der Waals surface area contributed by atoms with E-state index >= 15 is 0 Å². The van der Waals surface area contributed by atoms with Gasteiger partial charge in [0.2, 0.25) is 0 Å². The quantitative estimate of drug-likeness (QED) is 0.284. The normalized spacial score (nSPS) is 18.4. The van der Waals surface area contributed by atoms with Crippen molar-refractivity contribution in [3.8, 4) is 0 Å². The summed E-state index contributed by atoms with van der Waals surface area (Å²) in [6.45, 7) is 6.97. The van der Waals surface area contributed by atoms with Gasteiger partial charge in [0.1, 0.15) is 0 Å². The number of hydrogen-bond donors (Lipinski definition) is 2. The van der Waals surface area contributed by atoms with Crippen molar-refractivity contribution < 1.29 is 4.79 Å². The number of unbranched alkanes of at least 4 members (excludes halogenated alkanes) is 1. The maximum atomic E-state index is 13.4. The number of likely N-dealkylation sites (tertiary alicyclic amines) is 1. The number of H-pyrrole nitrogens is 1. The number of thiophene rings is 1. The molecule has 194 valence electrons. The number of piperidine rings is 1. The number of fused-ring (bicyclic) bond motifs is 2. The molecule has 0 radical (unpaired) electrons. The van der Waals surface area contributed by atoms with Crippen molar-refractivity contribution in [1.82, 2.24) is 15.2 Å². The summed E-state index contributed by atoms with van der Waals surface area (Å²) in [7, 11) is 2.23. The molecule has 1 unspecified atom stereocenters. The first kappa shape index (κ1) is 24.5. The summed E-state index contributed by atoms with van der Waals surface area (Å²) in [5.41, 5.74) is 4.28. The van der Waals surface area contributed by atoms with Gasteiger partial charge in [-0.3, -0.25) is 4.79 Å². The Hall–Kier alpha value is -2.83. The van der Waals surface area contributed by atoms with Crippen LogP contribution >= 0.6 is 11.3 Å². The molecule has 2 aromatic carbocycles. The molecule has 4 aromatic rings. The van der Waals surface area contributed by atoms with Gasteiger partial charge in [-0.1, -0.05) is 44.0 Å². The van der Waals surface area contributed by atoms with E-state index in [1.807, 2.05) is 0 Å². The lowest BCUT2D eigenvalue weighted by atomic mass is 9.72. The van der Waals surface area contributed by atoms with Gasteiger partial charge >= 0.3 is 0 Å². The lowest BCUT2D eigenvalue weighted by Gasteiger charge is -2.53. The molecule has 0 saturated carbocycles. The predicted molar refractivity (Wildman–Crippen MR) is 156 cm³/mol. The van der Waals surface area contributed by atoms with E-state index in [0.29, 0.717) is 5.41 Å². The number of aromatic amines is 1. The van der Waals surface area contributed by atoms with Gasteiger partial charge in [-0.25, -0.2) is 0 Å². The summed E-state index contributed by atoms with van der Waals surface area (Å²) < 4.78 is 1.20. The van der Waals surface area contributed by atoms with Crippen LogP contribution in [0.1, 0.15) is 54.3 Å². The molecular weight excluding hydrogens is 476 g/mol. The Morgan fingerprint density at radius 2 is 1.95 bits per heavy atom. The molecule has 2 aliphatic heterocycles. The molecular formula is C31H38N4OS. The first-order valence-electron chi connectivity index (χ1n) is 13.8. The smallest absolute Gasteiger partial charge is 0.261 e. The summed E-state index contributed by atoms with van der Waals surface area (Å²) in [5.74, 6) is 0.0534. The van der Waals surface area contributed by atoms with Gasteiger partial charge in [-0.15, -0.1) is 11.3 Å². The third-order valence-corrected chi connectivity index (χ3v) is 9.61. The van der Waals surface area contributed by atoms with Gasteiger partial charge in [0.25, 0.3) is 5.91 Å². The Morgan fingerprint density at radius 1 is 1.14 bits per heavy atom. The second-order valence-electron chi connectivity index (χ2n) is 11.4. The fourth-order valence-electron chi connectivity index (χ4n) is 6.48. The topological polar surface area (TPSA) is 51.4 Å². The van der Waals surface area contributed by atoms with Crippen LogP contribution in [0.25, 0.3) is 21.0 Å². The van der Waals surface area contributed by atoms with Gasteiger partial charge < -0.3 is 20.1 Å². The number of nitrogens with zero attached hydrogens (tertiary/aromatic N) is 2. The predicted octanol–water partition coefficient (Wildman–Crippen LogP) is 6.45. The fourth-order valence-corrected chi connectivity index (χ4v) is 7.48. The van der Waals surface area contributed by atoms with Gasteiger partial charge in [0.05, 0.1) is 4.88 Å². The highest BCUT2D eigenvalue weighted by Crippen LogP contribution is 2.41. The Balaban J connectivity index is 1.15. The summed E-state index contributed by atoms with van der Waals surface area (Å²) in [6, 6.07) is 17.3. The number of nitrogens with one attached hydrogen (secondary N) is 2. The van der Waals surface area contributed by atoms with E-state index < -0.39 is 0 Å². The second kappa shape index (κ2) is 10.1. The van der Waals surface area contributed by atoms with E-state index in [1.54, 1.807) is 11.3 Å². The lowest BCUT2D eigenvalue weighted by Crippen LogP contribution is -2.58. The molecule has 2 N–H and O–H groups in total. The molecule has 5 nitrogen and oxygen atoms in total. The highest BCUT2D eigenvalue weighted by molar-refractivity contribution is 7.20. The molecule has 4 heterocycles. The molecule has 1 atom stereocenters. The zero-order valence-corrected chi connectivity index (χ0v) is 22.9. The summed E-state index contributed by atoms with van der Waals surface area (Å²) in [6.07, 6.45) is 8.73. The average molecular weight is 515 g/mol. The molecule has 0 aliphatic carbocycles. The largest absolute Gasteiger partial charge is 0.371 e. The van der Waals surface area contributed by atoms with Crippen LogP contribution in [-0.2, 0) is 6.42 Å². The van der Waals surface area contributed by atoms with Crippen molar-refractivity contribution in [3.63, 3.8) is 0 Å². The molecule has 2 saturated heterocycles. The van der Waals surface area contributed by atoms with Crippen LogP contribution in [0.4, 0.5) is 5.69 Å². The standard InChI is InChI=1S/C31H38N4OS/c1-3-4-7-24(16-23-19-32-27-9-6-5-8-26(23)27)33-30(36)29-17-22-10-11-25(18-28(22)37-29)35-14-12-31(13-15-35)20-34(2)21-31/h5-6,8-11,17-19,24,32H,3-4,7,12-16,20-21H2,1-2H3,(H,33,36). The Labute approximate surface area is 223 Å². The summed E-state index contributed by atoms with van der Waals surface area (Å²) in [4.78, 5) is 22.5. The molecule has 6 rings (SSSR count). The van der Waals surface area contributed by atoms with E-state index in [0.717, 1.165) is 54.6 Å². The van der Waals surface area contributed by atoms with Gasteiger partial charge in [0, 0.05) is 59.7 Å². The minimum atomic E-state index is 0.0534. The number of amides is 1. The van der Waals surface area contributed by atoms with Crippen LogP contribution in [0, 0.1) is 5.41 Å². The Morgan fingerprint density at radius 3 is 2.73 bits per heavy atom. The number of aromatic nitrogens is 1. The molecule has 0 bridgehead atoms. The number of hydrogen-bond acceptors (Lipinski definition) is 4. The number of benzene rings is 2. The first-order chi connectivity index (χ1) is 18.0. The maximum absolute atomic E-state index is 13.4. The van der Waals surface area contributed by atoms with E-state index in [2.05, 4.69) is 88.8 Å². The Bertz CT molecular complexity index is 1390. The van der Waals surface area contributed by atoms with Gasteiger partial charge in [0.15, 0.2) is 0 Å². The van der Waals surface area contributed by atoms with E-state index in [-0.39, 0.29) is 11.9 Å².